The van der Waals surface area contributed by atoms with E-state index >= 15 is 0 Å². The van der Waals surface area contributed by atoms with Gasteiger partial charge in [-0.05, 0) is 42.8 Å². The van der Waals surface area contributed by atoms with E-state index < -0.39 is 23.9 Å². The molecule has 1 N–H and O–H groups in total. The van der Waals surface area contributed by atoms with Crippen LogP contribution in [0.25, 0.3) is 0 Å². The smallest absolute Gasteiger partial charge is 0.484 e. The number of hydrogen-bond acceptors (Lipinski definition) is 5. The maximum atomic E-state index is 12.3. The van der Waals surface area contributed by atoms with Crippen LogP contribution in [0.3, 0.4) is 0 Å². The summed E-state index contributed by atoms with van der Waals surface area (Å²) in [5, 5.41) is 2.49. The van der Waals surface area contributed by atoms with Crippen molar-refractivity contribution in [3.63, 3.8) is 0 Å². The van der Waals surface area contributed by atoms with Crippen LogP contribution in [-0.2, 0) is 14.4 Å². The van der Waals surface area contributed by atoms with Crippen molar-refractivity contribution in [2.75, 3.05) is 37.0 Å². The summed E-state index contributed by atoms with van der Waals surface area (Å²) in [6, 6.07) is 11.5. The number of benzene rings is 2. The van der Waals surface area contributed by atoms with Crippen LogP contribution in [0.15, 0.2) is 48.5 Å². The van der Waals surface area contributed by atoms with Crippen LogP contribution in [0.1, 0.15) is 12.8 Å². The van der Waals surface area contributed by atoms with Crippen molar-refractivity contribution in [2.24, 2.45) is 0 Å². The number of alkyl halides is 3. The van der Waals surface area contributed by atoms with E-state index in [9.17, 15) is 27.6 Å². The van der Waals surface area contributed by atoms with Gasteiger partial charge in [0.1, 0.15) is 11.5 Å². The van der Waals surface area contributed by atoms with E-state index in [1.807, 2.05) is 0 Å². The molecule has 3 rings (SSSR count). The van der Waals surface area contributed by atoms with E-state index in [4.69, 9.17) is 4.74 Å². The molecule has 0 aromatic heterocycles. The van der Waals surface area contributed by atoms with E-state index in [1.54, 1.807) is 29.2 Å². The Morgan fingerprint density at radius 2 is 1.85 bits per heavy atom. The summed E-state index contributed by atoms with van der Waals surface area (Å²) < 4.78 is 45.9. The van der Waals surface area contributed by atoms with Crippen molar-refractivity contribution < 1.29 is 37.0 Å². The second kappa shape index (κ2) is 10.2. The summed E-state index contributed by atoms with van der Waals surface area (Å²) in [6.45, 7) is 0.0348. The number of nitrogens with one attached hydrogen (secondary N) is 1. The van der Waals surface area contributed by atoms with Gasteiger partial charge in [-0.2, -0.15) is 0 Å². The molecule has 1 heterocycles. The number of anilines is 2. The molecule has 2 aromatic rings. The monoisotopic (exact) mass is 465 g/mol. The summed E-state index contributed by atoms with van der Waals surface area (Å²) in [7, 11) is 1.42. The fourth-order valence-corrected chi connectivity index (χ4v) is 3.16. The maximum Gasteiger partial charge on any atom is 0.573 e. The SMILES string of the molecule is CN(CC(=O)Nc1ccc(OC(F)(F)F)cc1)C(=O)COc1cccc(N2CCCC2=O)c1. The van der Waals surface area contributed by atoms with Crippen LogP contribution in [0.5, 0.6) is 11.5 Å². The van der Waals surface area contributed by atoms with Crippen molar-refractivity contribution in [1.82, 2.24) is 4.90 Å². The molecule has 3 amide bonds. The van der Waals surface area contributed by atoms with Crippen molar-refractivity contribution in [3.8, 4) is 11.5 Å². The largest absolute Gasteiger partial charge is 0.573 e. The first-order valence-electron chi connectivity index (χ1n) is 10.0. The van der Waals surface area contributed by atoms with E-state index in [2.05, 4.69) is 10.1 Å². The van der Waals surface area contributed by atoms with Crippen LogP contribution in [-0.4, -0.2) is 55.7 Å². The van der Waals surface area contributed by atoms with Gasteiger partial charge in [-0.3, -0.25) is 14.4 Å². The Balaban J connectivity index is 1.46. The third kappa shape index (κ3) is 7.13. The maximum absolute atomic E-state index is 12.3. The first-order valence-corrected chi connectivity index (χ1v) is 10.0. The van der Waals surface area contributed by atoms with Gasteiger partial charge in [0.15, 0.2) is 6.61 Å². The number of amides is 3. The summed E-state index contributed by atoms with van der Waals surface area (Å²) in [6.07, 6.45) is -3.51. The summed E-state index contributed by atoms with van der Waals surface area (Å²) in [5.41, 5.74) is 0.946. The zero-order valence-electron chi connectivity index (χ0n) is 17.7. The Bertz CT molecular complexity index is 1010. The van der Waals surface area contributed by atoms with Crippen LogP contribution < -0.4 is 19.7 Å². The molecule has 176 valence electrons. The van der Waals surface area contributed by atoms with E-state index in [0.29, 0.717) is 24.4 Å². The predicted molar refractivity (Wildman–Crippen MR) is 113 cm³/mol. The molecule has 1 fully saturated rings. The number of ether oxygens (including phenoxy) is 2. The summed E-state index contributed by atoms with van der Waals surface area (Å²) in [5.74, 6) is -0.953. The molecule has 0 unspecified atom stereocenters. The van der Waals surface area contributed by atoms with Crippen LogP contribution in [0.4, 0.5) is 24.5 Å². The van der Waals surface area contributed by atoms with E-state index in [1.165, 1.54) is 19.2 Å². The first kappa shape index (κ1) is 23.9. The minimum absolute atomic E-state index is 0.0384. The van der Waals surface area contributed by atoms with Crippen LogP contribution in [0, 0.1) is 0 Å². The lowest BCUT2D eigenvalue weighted by Crippen LogP contribution is -2.37. The molecule has 1 aliphatic heterocycles. The molecule has 1 saturated heterocycles. The van der Waals surface area contributed by atoms with E-state index in [-0.39, 0.29) is 24.7 Å². The number of carbonyl (C=O) groups is 3. The van der Waals surface area contributed by atoms with Gasteiger partial charge in [0.25, 0.3) is 5.91 Å². The molecule has 1 aliphatic rings. The van der Waals surface area contributed by atoms with Gasteiger partial charge in [0.2, 0.25) is 11.8 Å². The normalized spacial score (nSPS) is 13.6. The highest BCUT2D eigenvalue weighted by molar-refractivity contribution is 5.96. The lowest BCUT2D eigenvalue weighted by atomic mass is 10.3. The van der Waals surface area contributed by atoms with Gasteiger partial charge < -0.3 is 24.6 Å². The number of likely N-dealkylation sites (N-methyl/N-ethyl adjacent to an activating group) is 1. The Morgan fingerprint density at radius 3 is 2.48 bits per heavy atom. The fourth-order valence-electron chi connectivity index (χ4n) is 3.16. The van der Waals surface area contributed by atoms with Crippen LogP contribution >= 0.6 is 0 Å². The standard InChI is InChI=1S/C22H22F3N3O5/c1-27(13-19(29)26-15-7-9-17(10-8-15)33-22(23,24)25)21(31)14-32-18-5-2-4-16(12-18)28-11-3-6-20(28)30/h2,4-5,7-10,12H,3,6,11,13-14H2,1H3,(H,26,29). The molecule has 0 aliphatic carbocycles. The second-order valence-corrected chi connectivity index (χ2v) is 7.31. The predicted octanol–water partition coefficient (Wildman–Crippen LogP) is 3.19. The molecule has 0 bridgehead atoms. The third-order valence-corrected chi connectivity index (χ3v) is 4.74. The zero-order valence-corrected chi connectivity index (χ0v) is 17.7. The van der Waals surface area contributed by atoms with Crippen molar-refractivity contribution in [3.05, 3.63) is 48.5 Å². The Morgan fingerprint density at radius 1 is 1.12 bits per heavy atom. The average molecular weight is 465 g/mol. The topological polar surface area (TPSA) is 88.2 Å². The molecule has 0 atom stereocenters. The zero-order chi connectivity index (χ0) is 24.0. The van der Waals surface area contributed by atoms with Crippen molar-refractivity contribution >= 4 is 29.1 Å². The lowest BCUT2D eigenvalue weighted by Gasteiger charge is -2.19. The minimum Gasteiger partial charge on any atom is -0.484 e. The quantitative estimate of drug-likeness (QED) is 0.647. The van der Waals surface area contributed by atoms with Gasteiger partial charge in [-0.15, -0.1) is 13.2 Å². The number of hydrogen-bond donors (Lipinski definition) is 1. The second-order valence-electron chi connectivity index (χ2n) is 7.31. The number of carbonyl (C=O) groups excluding carboxylic acids is 3. The van der Waals surface area contributed by atoms with Gasteiger partial charge in [0.05, 0.1) is 6.54 Å². The van der Waals surface area contributed by atoms with Gasteiger partial charge in [-0.25, -0.2) is 0 Å². The van der Waals surface area contributed by atoms with Gasteiger partial charge in [-0.1, -0.05) is 6.07 Å². The fraction of sp³-hybridized carbons (Fsp3) is 0.318. The number of rotatable bonds is 8. The highest BCUT2D eigenvalue weighted by Crippen LogP contribution is 2.26. The highest BCUT2D eigenvalue weighted by Gasteiger charge is 2.31. The van der Waals surface area contributed by atoms with Crippen LogP contribution in [0.2, 0.25) is 0 Å². The molecule has 0 spiro atoms. The average Bonchev–Trinajstić information content (AvgIpc) is 3.18. The lowest BCUT2D eigenvalue weighted by molar-refractivity contribution is -0.274. The Kier molecular flexibility index (Phi) is 7.41. The van der Waals surface area contributed by atoms with Crippen molar-refractivity contribution in [1.29, 1.82) is 0 Å². The third-order valence-electron chi connectivity index (χ3n) is 4.74. The first-order chi connectivity index (χ1) is 15.6. The molecular formula is C22H22F3N3O5. The molecule has 8 nitrogen and oxygen atoms in total. The molecular weight excluding hydrogens is 443 g/mol. The van der Waals surface area contributed by atoms with Gasteiger partial charge in [0, 0.05) is 37.5 Å². The van der Waals surface area contributed by atoms with Gasteiger partial charge >= 0.3 is 6.36 Å². The molecule has 33 heavy (non-hydrogen) atoms. The Labute approximate surface area is 187 Å². The minimum atomic E-state index is -4.80. The Hall–Kier alpha value is -3.76. The molecule has 11 heteroatoms. The van der Waals surface area contributed by atoms with Crippen molar-refractivity contribution in [2.45, 2.75) is 19.2 Å². The highest BCUT2D eigenvalue weighted by atomic mass is 19.4. The molecule has 2 aromatic carbocycles. The molecule has 0 saturated carbocycles. The summed E-state index contributed by atoms with van der Waals surface area (Å²) >= 11 is 0. The number of nitrogens with zero attached hydrogens (tertiary/aromatic N) is 2. The molecule has 0 radical (unpaired) electrons. The number of halogens is 3. The van der Waals surface area contributed by atoms with E-state index in [0.717, 1.165) is 23.5 Å². The summed E-state index contributed by atoms with van der Waals surface area (Å²) in [4.78, 5) is 39.2.